The minimum atomic E-state index is -0.435. The summed E-state index contributed by atoms with van der Waals surface area (Å²) in [5, 5.41) is 17.7. The molecule has 0 saturated heterocycles. The lowest BCUT2D eigenvalue weighted by molar-refractivity contribution is -0.385. The van der Waals surface area contributed by atoms with Crippen molar-refractivity contribution in [2.45, 2.75) is 0 Å². The standard InChI is InChI=1S/C31H25N3O5/c1-38-31(35)24-12-10-21(11-13-24)16-22(18-32-26-17-25-7-3-5-9-28(25)33-19-26)20-39-30-27-8-4-2-6-23(27)14-15-29(30)34(36)37/h2-17,19,32H,18,20H2,1H3. The zero-order chi connectivity index (χ0) is 27.2. The van der Waals surface area contributed by atoms with E-state index < -0.39 is 10.9 Å². The maximum atomic E-state index is 11.8. The number of carbonyl (C=O) groups excluding carboxylic acids is 1. The first kappa shape index (κ1) is 25.4. The summed E-state index contributed by atoms with van der Waals surface area (Å²) < 4.78 is 10.9. The number of rotatable bonds is 9. The van der Waals surface area contributed by atoms with Crippen molar-refractivity contribution in [1.29, 1.82) is 0 Å². The second-order valence-corrected chi connectivity index (χ2v) is 8.87. The van der Waals surface area contributed by atoms with Crippen LogP contribution in [0.15, 0.2) is 103 Å². The molecular formula is C31H25N3O5. The number of nitro groups is 1. The lowest BCUT2D eigenvalue weighted by Crippen LogP contribution is -2.12. The van der Waals surface area contributed by atoms with Crippen molar-refractivity contribution in [3.63, 3.8) is 0 Å². The molecule has 39 heavy (non-hydrogen) atoms. The SMILES string of the molecule is COC(=O)c1ccc(C=C(CNc2cnc3ccccc3c2)COc2c([N+](=O)[O-])ccc3ccccc23)cc1. The quantitative estimate of drug-likeness (QED) is 0.132. The van der Waals surface area contributed by atoms with Crippen LogP contribution in [0, 0.1) is 10.1 Å². The highest BCUT2D eigenvalue weighted by molar-refractivity contribution is 5.92. The molecule has 4 aromatic carbocycles. The van der Waals surface area contributed by atoms with Crippen LogP contribution in [-0.4, -0.2) is 36.1 Å². The zero-order valence-electron chi connectivity index (χ0n) is 21.2. The Bertz CT molecular complexity index is 1700. The molecule has 8 nitrogen and oxygen atoms in total. The number of hydrogen-bond donors (Lipinski definition) is 1. The summed E-state index contributed by atoms with van der Waals surface area (Å²) in [6.45, 7) is 0.499. The van der Waals surface area contributed by atoms with Crippen molar-refractivity contribution < 1.29 is 19.2 Å². The van der Waals surface area contributed by atoms with E-state index in [0.29, 0.717) is 17.5 Å². The number of fused-ring (bicyclic) bond motifs is 2. The van der Waals surface area contributed by atoms with Crippen LogP contribution in [0.25, 0.3) is 27.8 Å². The molecule has 194 valence electrons. The Morgan fingerprint density at radius 3 is 2.49 bits per heavy atom. The van der Waals surface area contributed by atoms with E-state index in [1.54, 1.807) is 24.4 Å². The first-order valence-electron chi connectivity index (χ1n) is 12.3. The van der Waals surface area contributed by atoms with Crippen LogP contribution in [0.3, 0.4) is 0 Å². The van der Waals surface area contributed by atoms with Crippen molar-refractivity contribution in [2.75, 3.05) is 25.6 Å². The number of anilines is 1. The molecule has 0 aliphatic carbocycles. The van der Waals surface area contributed by atoms with E-state index >= 15 is 0 Å². The Labute approximate surface area is 224 Å². The number of aromatic nitrogens is 1. The van der Waals surface area contributed by atoms with Gasteiger partial charge in [-0.15, -0.1) is 0 Å². The monoisotopic (exact) mass is 519 g/mol. The molecule has 0 radical (unpaired) electrons. The average Bonchev–Trinajstić information content (AvgIpc) is 2.98. The van der Waals surface area contributed by atoms with E-state index in [-0.39, 0.29) is 18.0 Å². The third-order valence-corrected chi connectivity index (χ3v) is 6.27. The first-order chi connectivity index (χ1) is 19.0. The number of hydrogen-bond acceptors (Lipinski definition) is 7. The Balaban J connectivity index is 1.44. The summed E-state index contributed by atoms with van der Waals surface area (Å²) >= 11 is 0. The van der Waals surface area contributed by atoms with Crippen LogP contribution in [0.1, 0.15) is 15.9 Å². The second kappa shape index (κ2) is 11.4. The lowest BCUT2D eigenvalue weighted by Gasteiger charge is -2.14. The molecule has 0 unspecified atom stereocenters. The molecule has 0 saturated carbocycles. The topological polar surface area (TPSA) is 104 Å². The van der Waals surface area contributed by atoms with Crippen molar-refractivity contribution in [1.82, 2.24) is 4.98 Å². The smallest absolute Gasteiger partial charge is 0.337 e. The number of carbonyl (C=O) groups is 1. The third kappa shape index (κ3) is 5.86. The predicted molar refractivity (Wildman–Crippen MR) is 152 cm³/mol. The van der Waals surface area contributed by atoms with Gasteiger partial charge in [0.1, 0.15) is 6.61 Å². The highest BCUT2D eigenvalue weighted by Gasteiger charge is 2.19. The molecular weight excluding hydrogens is 494 g/mol. The molecule has 0 atom stereocenters. The Morgan fingerprint density at radius 1 is 0.974 bits per heavy atom. The largest absolute Gasteiger partial charge is 0.482 e. The van der Waals surface area contributed by atoms with Gasteiger partial charge in [-0.25, -0.2) is 4.79 Å². The molecule has 1 heterocycles. The van der Waals surface area contributed by atoms with E-state index in [4.69, 9.17) is 9.47 Å². The van der Waals surface area contributed by atoms with Crippen molar-refractivity contribution in [3.8, 4) is 5.75 Å². The van der Waals surface area contributed by atoms with Gasteiger partial charge in [0.05, 0.1) is 35.0 Å². The number of pyridine rings is 1. The van der Waals surface area contributed by atoms with Gasteiger partial charge in [0.2, 0.25) is 5.75 Å². The molecule has 8 heteroatoms. The highest BCUT2D eigenvalue weighted by Crippen LogP contribution is 2.35. The normalized spacial score (nSPS) is 11.4. The van der Waals surface area contributed by atoms with Gasteiger partial charge in [-0.1, -0.05) is 60.7 Å². The van der Waals surface area contributed by atoms with Crippen LogP contribution in [-0.2, 0) is 4.74 Å². The van der Waals surface area contributed by atoms with E-state index in [1.165, 1.54) is 13.2 Å². The fourth-order valence-corrected chi connectivity index (χ4v) is 4.29. The molecule has 0 aliphatic heterocycles. The second-order valence-electron chi connectivity index (χ2n) is 8.87. The fraction of sp³-hybridized carbons (Fsp3) is 0.0968. The molecule has 0 spiro atoms. The van der Waals surface area contributed by atoms with E-state index in [9.17, 15) is 14.9 Å². The number of nitrogens with one attached hydrogen (secondary N) is 1. The number of nitrogens with zero attached hydrogens (tertiary/aromatic N) is 2. The summed E-state index contributed by atoms with van der Waals surface area (Å²) in [5.74, 6) is -0.194. The molecule has 0 amide bonds. The number of ether oxygens (including phenoxy) is 2. The number of esters is 1. The molecule has 5 rings (SSSR count). The van der Waals surface area contributed by atoms with Gasteiger partial charge in [-0.3, -0.25) is 15.1 Å². The van der Waals surface area contributed by atoms with Crippen LogP contribution in [0.2, 0.25) is 0 Å². The lowest BCUT2D eigenvalue weighted by atomic mass is 10.1. The minimum absolute atomic E-state index is 0.0952. The predicted octanol–water partition coefficient (Wildman–Crippen LogP) is 6.66. The minimum Gasteiger partial charge on any atom is -0.482 e. The Morgan fingerprint density at radius 2 is 1.72 bits per heavy atom. The van der Waals surface area contributed by atoms with Crippen LogP contribution in [0.5, 0.6) is 5.75 Å². The number of methoxy groups -OCH3 is 1. The fourth-order valence-electron chi connectivity index (χ4n) is 4.29. The maximum absolute atomic E-state index is 11.8. The summed E-state index contributed by atoms with van der Waals surface area (Å²) in [7, 11) is 1.34. The Kier molecular flexibility index (Phi) is 7.45. The molecule has 1 aromatic heterocycles. The van der Waals surface area contributed by atoms with Crippen molar-refractivity contribution in [3.05, 3.63) is 124 Å². The van der Waals surface area contributed by atoms with Gasteiger partial charge < -0.3 is 14.8 Å². The third-order valence-electron chi connectivity index (χ3n) is 6.27. The van der Waals surface area contributed by atoms with Gasteiger partial charge in [-0.2, -0.15) is 0 Å². The van der Waals surface area contributed by atoms with Crippen LogP contribution < -0.4 is 10.1 Å². The molecule has 0 fully saturated rings. The van der Waals surface area contributed by atoms with E-state index in [2.05, 4.69) is 10.3 Å². The molecule has 1 N–H and O–H groups in total. The summed E-state index contributed by atoms with van der Waals surface area (Å²) in [6.07, 6.45) is 3.70. The Hall–Kier alpha value is -5.24. The van der Waals surface area contributed by atoms with Crippen molar-refractivity contribution in [2.24, 2.45) is 0 Å². The number of benzene rings is 4. The van der Waals surface area contributed by atoms with Gasteiger partial charge in [0, 0.05) is 23.4 Å². The average molecular weight is 520 g/mol. The number of nitro benzene ring substituents is 1. The number of para-hydroxylation sites is 1. The summed E-state index contributed by atoms with van der Waals surface area (Å²) in [6, 6.07) is 27.4. The van der Waals surface area contributed by atoms with Gasteiger partial charge in [0.15, 0.2) is 0 Å². The van der Waals surface area contributed by atoms with E-state index in [0.717, 1.165) is 33.1 Å². The van der Waals surface area contributed by atoms with Crippen LogP contribution >= 0.6 is 0 Å². The van der Waals surface area contributed by atoms with Gasteiger partial charge >= 0.3 is 11.7 Å². The maximum Gasteiger partial charge on any atom is 0.337 e. The van der Waals surface area contributed by atoms with E-state index in [1.807, 2.05) is 72.8 Å². The van der Waals surface area contributed by atoms with Crippen molar-refractivity contribution >= 4 is 45.1 Å². The molecule has 5 aromatic rings. The zero-order valence-corrected chi connectivity index (χ0v) is 21.2. The molecule has 0 bridgehead atoms. The first-order valence-corrected chi connectivity index (χ1v) is 12.3. The van der Waals surface area contributed by atoms with Gasteiger partial charge in [0.25, 0.3) is 0 Å². The summed E-state index contributed by atoms with van der Waals surface area (Å²) in [5.41, 5.74) is 3.75. The highest BCUT2D eigenvalue weighted by atomic mass is 16.6. The summed E-state index contributed by atoms with van der Waals surface area (Å²) in [4.78, 5) is 27.7. The van der Waals surface area contributed by atoms with Crippen LogP contribution in [0.4, 0.5) is 11.4 Å². The van der Waals surface area contributed by atoms with Gasteiger partial charge in [-0.05, 0) is 46.9 Å². The molecule has 0 aliphatic rings.